The van der Waals surface area contributed by atoms with Crippen LogP contribution in [-0.4, -0.2) is 36.7 Å². The monoisotopic (exact) mass is 275 g/mol. The number of nitriles is 1. The third kappa shape index (κ3) is 2.98. The zero-order valence-corrected chi connectivity index (χ0v) is 10.6. The summed E-state index contributed by atoms with van der Waals surface area (Å²) in [7, 11) is 0. The van der Waals surface area contributed by atoms with E-state index in [2.05, 4.69) is 5.32 Å². The molecule has 1 amide bonds. The van der Waals surface area contributed by atoms with E-state index in [9.17, 15) is 9.59 Å². The number of amides is 1. The van der Waals surface area contributed by atoms with Crippen molar-refractivity contribution in [2.45, 2.75) is 6.42 Å². The van der Waals surface area contributed by atoms with Crippen LogP contribution in [0.15, 0.2) is 18.2 Å². The van der Waals surface area contributed by atoms with Gasteiger partial charge in [-0.25, -0.2) is 0 Å². The smallest absolute Gasteiger partial charge is 0.305 e. The first-order valence-corrected chi connectivity index (χ1v) is 6.01. The lowest BCUT2D eigenvalue weighted by molar-refractivity contribution is -0.136. The molecule has 0 saturated heterocycles. The maximum atomic E-state index is 11.7. The Bertz CT molecular complexity index is 579. The van der Waals surface area contributed by atoms with Crippen LogP contribution in [0.3, 0.4) is 0 Å². The third-order valence-corrected chi connectivity index (χ3v) is 2.80. The number of ether oxygens (including phenoxy) is 1. The van der Waals surface area contributed by atoms with Crippen molar-refractivity contribution in [2.75, 3.05) is 29.9 Å². The molecule has 0 aromatic heterocycles. The van der Waals surface area contributed by atoms with Gasteiger partial charge in [0.05, 0.1) is 18.2 Å². The highest BCUT2D eigenvalue weighted by Crippen LogP contribution is 2.34. The van der Waals surface area contributed by atoms with Crippen LogP contribution < -0.4 is 15.0 Å². The summed E-state index contributed by atoms with van der Waals surface area (Å²) < 4.78 is 5.29. The molecule has 7 heteroatoms. The largest absolute Gasteiger partial charge is 0.482 e. The minimum absolute atomic E-state index is 0.00553. The molecule has 1 aliphatic heterocycles. The van der Waals surface area contributed by atoms with Gasteiger partial charge in [-0.15, -0.1) is 0 Å². The summed E-state index contributed by atoms with van der Waals surface area (Å²) in [5.41, 5.74) is 1.19. The van der Waals surface area contributed by atoms with E-state index in [1.807, 2.05) is 6.07 Å². The number of rotatable bonds is 5. The van der Waals surface area contributed by atoms with Gasteiger partial charge in [0, 0.05) is 12.2 Å². The second-order valence-corrected chi connectivity index (χ2v) is 4.18. The van der Waals surface area contributed by atoms with E-state index in [1.54, 1.807) is 18.2 Å². The quantitative estimate of drug-likeness (QED) is 0.771. The Morgan fingerprint density at radius 2 is 2.35 bits per heavy atom. The average Bonchev–Trinajstić information content (AvgIpc) is 2.42. The summed E-state index contributed by atoms with van der Waals surface area (Å²) in [6.07, 6.45) is -0.00553. The van der Waals surface area contributed by atoms with Crippen molar-refractivity contribution in [1.29, 1.82) is 5.26 Å². The summed E-state index contributed by atoms with van der Waals surface area (Å²) in [6.45, 7) is 0.148. The first kappa shape index (κ1) is 13.7. The molecule has 1 aliphatic rings. The topological polar surface area (TPSA) is 103 Å². The number of nitrogens with zero attached hydrogens (tertiary/aromatic N) is 2. The van der Waals surface area contributed by atoms with Crippen molar-refractivity contribution in [3.63, 3.8) is 0 Å². The molecule has 0 radical (unpaired) electrons. The van der Waals surface area contributed by atoms with Crippen LogP contribution in [0, 0.1) is 11.3 Å². The van der Waals surface area contributed by atoms with Gasteiger partial charge >= 0.3 is 5.97 Å². The summed E-state index contributed by atoms with van der Waals surface area (Å²) in [6, 6.07) is 7.04. The van der Waals surface area contributed by atoms with Gasteiger partial charge in [0.1, 0.15) is 12.3 Å². The summed E-state index contributed by atoms with van der Waals surface area (Å²) >= 11 is 0. The summed E-state index contributed by atoms with van der Waals surface area (Å²) in [4.78, 5) is 23.5. The Kier molecular flexibility index (Phi) is 4.05. The molecule has 0 bridgehead atoms. The van der Waals surface area contributed by atoms with E-state index >= 15 is 0 Å². The maximum Gasteiger partial charge on any atom is 0.305 e. The van der Waals surface area contributed by atoms with E-state index in [-0.39, 0.29) is 32.0 Å². The van der Waals surface area contributed by atoms with Gasteiger partial charge in [-0.1, -0.05) is 0 Å². The lowest BCUT2D eigenvalue weighted by atomic mass is 10.2. The molecule has 1 aromatic carbocycles. The molecule has 0 spiro atoms. The standard InChI is InChI=1S/C13H13N3O4/c14-4-6-16-10-7-9(15-5-3-13(18)19)1-2-11(10)20-8-12(16)17/h1-2,7,15H,3,5-6,8H2,(H,18,19). The van der Waals surface area contributed by atoms with Gasteiger partial charge in [0.2, 0.25) is 0 Å². The van der Waals surface area contributed by atoms with Crippen LogP contribution in [0.4, 0.5) is 11.4 Å². The van der Waals surface area contributed by atoms with Crippen LogP contribution >= 0.6 is 0 Å². The van der Waals surface area contributed by atoms with Crippen molar-refractivity contribution in [3.05, 3.63) is 18.2 Å². The molecule has 2 rings (SSSR count). The molecule has 7 nitrogen and oxygen atoms in total. The fourth-order valence-corrected chi connectivity index (χ4v) is 1.87. The van der Waals surface area contributed by atoms with Crippen LogP contribution in [-0.2, 0) is 9.59 Å². The molecule has 1 aromatic rings. The number of hydrogen-bond donors (Lipinski definition) is 2. The molecule has 20 heavy (non-hydrogen) atoms. The molecule has 1 heterocycles. The Morgan fingerprint density at radius 3 is 3.05 bits per heavy atom. The second-order valence-electron chi connectivity index (χ2n) is 4.18. The van der Waals surface area contributed by atoms with Gasteiger partial charge in [0.15, 0.2) is 6.61 Å². The number of carbonyl (C=O) groups excluding carboxylic acids is 1. The van der Waals surface area contributed by atoms with Crippen molar-refractivity contribution in [2.24, 2.45) is 0 Å². The lowest BCUT2D eigenvalue weighted by Crippen LogP contribution is -2.39. The highest BCUT2D eigenvalue weighted by molar-refractivity contribution is 5.98. The van der Waals surface area contributed by atoms with E-state index in [0.29, 0.717) is 17.1 Å². The normalized spacial score (nSPS) is 13.2. The van der Waals surface area contributed by atoms with Gasteiger partial charge in [0.25, 0.3) is 5.91 Å². The predicted octanol–water partition coefficient (Wildman–Crippen LogP) is 0.822. The number of nitrogens with one attached hydrogen (secondary N) is 1. The van der Waals surface area contributed by atoms with Crippen LogP contribution in [0.25, 0.3) is 0 Å². The number of hydrogen-bond acceptors (Lipinski definition) is 5. The van der Waals surface area contributed by atoms with E-state index in [1.165, 1.54) is 4.90 Å². The highest BCUT2D eigenvalue weighted by Gasteiger charge is 2.25. The Morgan fingerprint density at radius 1 is 1.55 bits per heavy atom. The number of benzene rings is 1. The molecule has 0 fully saturated rings. The number of carboxylic acids is 1. The fraction of sp³-hybridized carbons (Fsp3) is 0.308. The minimum atomic E-state index is -0.889. The summed E-state index contributed by atoms with van der Waals surface area (Å²) in [5, 5.41) is 20.3. The van der Waals surface area contributed by atoms with E-state index in [4.69, 9.17) is 15.1 Å². The molecular weight excluding hydrogens is 262 g/mol. The molecular formula is C13H13N3O4. The molecule has 2 N–H and O–H groups in total. The Hall–Kier alpha value is -2.75. The van der Waals surface area contributed by atoms with Gasteiger partial charge in [-0.3, -0.25) is 14.5 Å². The second kappa shape index (κ2) is 5.93. The Labute approximate surface area is 115 Å². The average molecular weight is 275 g/mol. The highest BCUT2D eigenvalue weighted by atomic mass is 16.5. The van der Waals surface area contributed by atoms with Crippen LogP contribution in [0.1, 0.15) is 6.42 Å². The zero-order valence-electron chi connectivity index (χ0n) is 10.6. The van der Waals surface area contributed by atoms with Crippen LogP contribution in [0.2, 0.25) is 0 Å². The van der Waals surface area contributed by atoms with Gasteiger partial charge < -0.3 is 15.2 Å². The number of carboxylic acid groups (broad SMARTS) is 1. The molecule has 0 aliphatic carbocycles. The molecule has 0 atom stereocenters. The van der Waals surface area contributed by atoms with Crippen molar-refractivity contribution < 1.29 is 19.4 Å². The van der Waals surface area contributed by atoms with Gasteiger partial charge in [-0.2, -0.15) is 5.26 Å². The molecule has 104 valence electrons. The first-order chi connectivity index (χ1) is 9.61. The first-order valence-electron chi connectivity index (χ1n) is 6.01. The molecule has 0 saturated carbocycles. The SMILES string of the molecule is N#CCN1C(=O)COc2ccc(NCCC(=O)O)cc21. The van der Waals surface area contributed by atoms with E-state index < -0.39 is 5.97 Å². The third-order valence-electron chi connectivity index (χ3n) is 2.80. The lowest BCUT2D eigenvalue weighted by Gasteiger charge is -2.27. The number of carbonyl (C=O) groups is 2. The zero-order chi connectivity index (χ0) is 14.5. The van der Waals surface area contributed by atoms with Gasteiger partial charge in [-0.05, 0) is 18.2 Å². The summed E-state index contributed by atoms with van der Waals surface area (Å²) in [5.74, 6) is -0.634. The predicted molar refractivity (Wildman–Crippen MR) is 70.6 cm³/mol. The maximum absolute atomic E-state index is 11.7. The fourth-order valence-electron chi connectivity index (χ4n) is 1.87. The van der Waals surface area contributed by atoms with Crippen molar-refractivity contribution in [3.8, 4) is 11.8 Å². The number of anilines is 2. The van der Waals surface area contributed by atoms with E-state index in [0.717, 1.165) is 0 Å². The molecule has 0 unspecified atom stereocenters. The van der Waals surface area contributed by atoms with Crippen LogP contribution in [0.5, 0.6) is 5.75 Å². The number of fused-ring (bicyclic) bond motifs is 1. The number of aliphatic carboxylic acids is 1. The minimum Gasteiger partial charge on any atom is -0.482 e. The van der Waals surface area contributed by atoms with Crippen molar-refractivity contribution >= 4 is 23.3 Å². The van der Waals surface area contributed by atoms with Crippen molar-refractivity contribution in [1.82, 2.24) is 0 Å². The Balaban J connectivity index is 2.17.